The van der Waals surface area contributed by atoms with Crippen molar-refractivity contribution in [2.45, 2.75) is 13.0 Å². The number of carbonyl (C=O) groups is 1. The molecular formula is C16H19FN4O2. The summed E-state index contributed by atoms with van der Waals surface area (Å²) in [7, 11) is 2.01. The molecule has 0 radical (unpaired) electrons. The summed E-state index contributed by atoms with van der Waals surface area (Å²) < 4.78 is 18.7. The highest BCUT2D eigenvalue weighted by atomic mass is 19.1. The Balaban J connectivity index is 1.52. The van der Waals surface area contributed by atoms with Crippen LogP contribution in [0.2, 0.25) is 0 Å². The monoisotopic (exact) mass is 318 g/mol. The van der Waals surface area contributed by atoms with Gasteiger partial charge in [-0.3, -0.25) is 9.89 Å². The van der Waals surface area contributed by atoms with Gasteiger partial charge in [0.1, 0.15) is 6.61 Å². The Kier molecular flexibility index (Phi) is 4.57. The zero-order chi connectivity index (χ0) is 16.2. The molecule has 0 saturated heterocycles. The Morgan fingerprint density at radius 3 is 3.13 bits per heavy atom. The second-order valence-electron chi connectivity index (χ2n) is 5.55. The van der Waals surface area contributed by atoms with E-state index in [-0.39, 0.29) is 24.8 Å². The molecule has 2 N–H and O–H groups in total. The summed E-state index contributed by atoms with van der Waals surface area (Å²) in [6.45, 7) is 2.14. The van der Waals surface area contributed by atoms with E-state index < -0.39 is 5.82 Å². The maximum absolute atomic E-state index is 13.4. The van der Waals surface area contributed by atoms with Gasteiger partial charge in [0.2, 0.25) is 0 Å². The quantitative estimate of drug-likeness (QED) is 0.817. The van der Waals surface area contributed by atoms with Gasteiger partial charge in [-0.1, -0.05) is 12.1 Å². The SMILES string of the molecule is CN1CCc2[nH]nc(C(=O)NCCOc3ccccc3F)c2C1. The van der Waals surface area contributed by atoms with Gasteiger partial charge in [0, 0.05) is 30.8 Å². The molecule has 0 saturated carbocycles. The zero-order valence-electron chi connectivity index (χ0n) is 12.9. The normalized spacial score (nSPS) is 14.3. The number of H-pyrrole nitrogens is 1. The molecule has 0 aliphatic carbocycles. The van der Waals surface area contributed by atoms with Gasteiger partial charge in [-0.05, 0) is 19.2 Å². The third kappa shape index (κ3) is 3.50. The Morgan fingerprint density at radius 1 is 1.48 bits per heavy atom. The minimum Gasteiger partial charge on any atom is -0.489 e. The van der Waals surface area contributed by atoms with Crippen molar-refractivity contribution in [3.05, 3.63) is 47.0 Å². The summed E-state index contributed by atoms with van der Waals surface area (Å²) in [5.41, 5.74) is 2.40. The summed E-state index contributed by atoms with van der Waals surface area (Å²) in [6, 6.07) is 6.18. The number of nitrogens with zero attached hydrogens (tertiary/aromatic N) is 2. The number of hydrogen-bond acceptors (Lipinski definition) is 4. The molecule has 1 aromatic heterocycles. The van der Waals surface area contributed by atoms with E-state index in [1.807, 2.05) is 7.05 Å². The number of carbonyl (C=O) groups excluding carboxylic acids is 1. The molecule has 0 fully saturated rings. The van der Waals surface area contributed by atoms with Crippen LogP contribution in [0.15, 0.2) is 24.3 Å². The van der Waals surface area contributed by atoms with Crippen molar-refractivity contribution in [1.29, 1.82) is 0 Å². The van der Waals surface area contributed by atoms with E-state index in [0.717, 1.165) is 24.2 Å². The van der Waals surface area contributed by atoms with Gasteiger partial charge < -0.3 is 15.0 Å². The first-order valence-corrected chi connectivity index (χ1v) is 7.55. The number of aromatic amines is 1. The predicted octanol–water partition coefficient (Wildman–Crippen LogP) is 1.35. The topological polar surface area (TPSA) is 70.2 Å². The molecule has 0 unspecified atom stereocenters. The van der Waals surface area contributed by atoms with Crippen molar-refractivity contribution in [2.24, 2.45) is 0 Å². The lowest BCUT2D eigenvalue weighted by atomic mass is 10.1. The number of nitrogens with one attached hydrogen (secondary N) is 2. The maximum atomic E-state index is 13.4. The van der Waals surface area contributed by atoms with E-state index >= 15 is 0 Å². The van der Waals surface area contributed by atoms with Crippen LogP contribution < -0.4 is 10.1 Å². The highest BCUT2D eigenvalue weighted by molar-refractivity contribution is 5.94. The van der Waals surface area contributed by atoms with E-state index in [4.69, 9.17) is 4.74 Å². The maximum Gasteiger partial charge on any atom is 0.272 e. The molecule has 0 atom stereocenters. The number of rotatable bonds is 5. The van der Waals surface area contributed by atoms with Gasteiger partial charge >= 0.3 is 0 Å². The first kappa shape index (κ1) is 15.5. The number of para-hydroxylation sites is 1. The minimum absolute atomic E-state index is 0.181. The fourth-order valence-corrected chi connectivity index (χ4v) is 2.59. The molecule has 1 aliphatic rings. The van der Waals surface area contributed by atoms with Crippen molar-refractivity contribution in [2.75, 3.05) is 26.7 Å². The van der Waals surface area contributed by atoms with Crippen LogP contribution in [0.3, 0.4) is 0 Å². The average Bonchev–Trinajstić information content (AvgIpc) is 2.96. The lowest BCUT2D eigenvalue weighted by Crippen LogP contribution is -2.31. The number of amides is 1. The zero-order valence-corrected chi connectivity index (χ0v) is 12.9. The van der Waals surface area contributed by atoms with Crippen LogP contribution in [0, 0.1) is 5.82 Å². The largest absolute Gasteiger partial charge is 0.489 e. The highest BCUT2D eigenvalue weighted by Crippen LogP contribution is 2.19. The molecular weight excluding hydrogens is 299 g/mol. The first-order valence-electron chi connectivity index (χ1n) is 7.55. The third-order valence-electron chi connectivity index (χ3n) is 3.82. The van der Waals surface area contributed by atoms with Crippen LogP contribution in [-0.2, 0) is 13.0 Å². The lowest BCUT2D eigenvalue weighted by Gasteiger charge is -2.22. The van der Waals surface area contributed by atoms with Gasteiger partial charge in [-0.25, -0.2) is 4.39 Å². The number of hydrogen-bond donors (Lipinski definition) is 2. The number of benzene rings is 1. The highest BCUT2D eigenvalue weighted by Gasteiger charge is 2.23. The Labute approximate surface area is 133 Å². The van der Waals surface area contributed by atoms with E-state index in [0.29, 0.717) is 12.2 Å². The van der Waals surface area contributed by atoms with Crippen LogP contribution >= 0.6 is 0 Å². The lowest BCUT2D eigenvalue weighted by molar-refractivity contribution is 0.0939. The summed E-state index contributed by atoms with van der Waals surface area (Å²) in [6.07, 6.45) is 0.864. The molecule has 2 aromatic rings. The standard InChI is InChI=1S/C16H19FN4O2/c1-21-8-6-13-11(10-21)15(20-19-13)16(22)18-7-9-23-14-5-3-2-4-12(14)17/h2-5H,6-10H2,1H3,(H,18,22)(H,19,20). The molecule has 7 heteroatoms. The molecule has 1 aliphatic heterocycles. The second kappa shape index (κ2) is 6.78. The van der Waals surface area contributed by atoms with Crippen LogP contribution in [0.1, 0.15) is 21.7 Å². The number of aromatic nitrogens is 2. The summed E-state index contributed by atoms with van der Waals surface area (Å²) in [4.78, 5) is 14.4. The van der Waals surface area contributed by atoms with Gasteiger partial charge in [0.05, 0.1) is 6.54 Å². The van der Waals surface area contributed by atoms with Crippen LogP contribution in [0.5, 0.6) is 5.75 Å². The minimum atomic E-state index is -0.414. The molecule has 1 amide bonds. The van der Waals surface area contributed by atoms with Crippen molar-refractivity contribution < 1.29 is 13.9 Å². The second-order valence-corrected chi connectivity index (χ2v) is 5.55. The Bertz CT molecular complexity index is 701. The van der Waals surface area contributed by atoms with Crippen molar-refractivity contribution in [1.82, 2.24) is 20.4 Å². The fraction of sp³-hybridized carbons (Fsp3) is 0.375. The molecule has 0 spiro atoms. The van der Waals surface area contributed by atoms with E-state index in [1.165, 1.54) is 6.07 Å². The molecule has 23 heavy (non-hydrogen) atoms. The van der Waals surface area contributed by atoms with Crippen LogP contribution in [0.25, 0.3) is 0 Å². The molecule has 2 heterocycles. The summed E-state index contributed by atoms with van der Waals surface area (Å²) >= 11 is 0. The van der Waals surface area contributed by atoms with Crippen LogP contribution in [0.4, 0.5) is 4.39 Å². The number of halogens is 1. The molecule has 6 nitrogen and oxygen atoms in total. The molecule has 122 valence electrons. The first-order chi connectivity index (χ1) is 11.1. The molecule has 3 rings (SSSR count). The van der Waals surface area contributed by atoms with Gasteiger partial charge in [0.15, 0.2) is 17.3 Å². The number of likely N-dealkylation sites (N-methyl/N-ethyl adjacent to an activating group) is 1. The number of ether oxygens (including phenoxy) is 1. The summed E-state index contributed by atoms with van der Waals surface area (Å²) in [5.74, 6) is -0.473. The molecule has 1 aromatic carbocycles. The van der Waals surface area contributed by atoms with E-state index in [1.54, 1.807) is 18.2 Å². The molecule has 0 bridgehead atoms. The van der Waals surface area contributed by atoms with Crippen LogP contribution in [-0.4, -0.2) is 47.7 Å². The van der Waals surface area contributed by atoms with Crippen molar-refractivity contribution in [3.63, 3.8) is 0 Å². The predicted molar refractivity (Wildman–Crippen MR) is 82.9 cm³/mol. The summed E-state index contributed by atoms with van der Waals surface area (Å²) in [5, 5.41) is 9.80. The van der Waals surface area contributed by atoms with E-state index in [9.17, 15) is 9.18 Å². The smallest absolute Gasteiger partial charge is 0.272 e. The Morgan fingerprint density at radius 2 is 2.30 bits per heavy atom. The van der Waals surface area contributed by atoms with Crippen molar-refractivity contribution >= 4 is 5.91 Å². The van der Waals surface area contributed by atoms with Gasteiger partial charge in [0.25, 0.3) is 5.91 Å². The number of fused-ring (bicyclic) bond motifs is 1. The van der Waals surface area contributed by atoms with Gasteiger partial charge in [-0.15, -0.1) is 0 Å². The van der Waals surface area contributed by atoms with Gasteiger partial charge in [-0.2, -0.15) is 5.10 Å². The third-order valence-corrected chi connectivity index (χ3v) is 3.82. The van der Waals surface area contributed by atoms with Crippen molar-refractivity contribution in [3.8, 4) is 5.75 Å². The Hall–Kier alpha value is -2.41. The fourth-order valence-electron chi connectivity index (χ4n) is 2.59. The van der Waals surface area contributed by atoms with E-state index in [2.05, 4.69) is 20.4 Å². The average molecular weight is 318 g/mol.